The molecule has 0 saturated heterocycles. The van der Waals surface area contributed by atoms with Crippen LogP contribution in [-0.4, -0.2) is 32.5 Å². The number of hydrogen-bond acceptors (Lipinski definition) is 3. The van der Waals surface area contributed by atoms with E-state index in [4.69, 9.17) is 0 Å². The average Bonchev–Trinajstić information content (AvgIpc) is 2.37. The Hall–Kier alpha value is -0.0900. The van der Waals surface area contributed by atoms with Crippen molar-refractivity contribution in [2.24, 2.45) is 17.3 Å². The molecule has 1 fully saturated rings. The minimum atomic E-state index is -2.85. The molecular formula is C16H33NO2S. The molecule has 3 unspecified atom stereocenters. The zero-order chi connectivity index (χ0) is 15.4. The highest BCUT2D eigenvalue weighted by Gasteiger charge is 2.38. The lowest BCUT2D eigenvalue weighted by Gasteiger charge is -2.44. The summed E-state index contributed by atoms with van der Waals surface area (Å²) in [5.41, 5.74) is 0.0925. The van der Waals surface area contributed by atoms with Gasteiger partial charge in [0.05, 0.1) is 5.75 Å². The molecule has 0 radical (unpaired) electrons. The summed E-state index contributed by atoms with van der Waals surface area (Å²) in [5, 5.41) is 3.63. The summed E-state index contributed by atoms with van der Waals surface area (Å²) >= 11 is 0. The maximum Gasteiger partial charge on any atom is 0.150 e. The minimum absolute atomic E-state index is 0.0925. The molecular weight excluding hydrogens is 270 g/mol. The van der Waals surface area contributed by atoms with Crippen LogP contribution >= 0.6 is 0 Å². The molecule has 0 heterocycles. The normalized spacial score (nSPS) is 28.6. The first-order valence-electron chi connectivity index (χ1n) is 8.15. The third-order valence-corrected chi connectivity index (χ3v) is 6.79. The first kappa shape index (κ1) is 18.0. The second-order valence-corrected chi connectivity index (χ2v) is 9.64. The van der Waals surface area contributed by atoms with Gasteiger partial charge in [0.1, 0.15) is 9.84 Å². The molecule has 3 nitrogen and oxygen atoms in total. The molecule has 1 saturated carbocycles. The Morgan fingerprint density at radius 3 is 2.40 bits per heavy atom. The van der Waals surface area contributed by atoms with Crippen molar-refractivity contribution in [2.45, 2.75) is 66.3 Å². The Kier molecular flexibility index (Phi) is 6.52. The topological polar surface area (TPSA) is 46.2 Å². The second-order valence-electron chi connectivity index (χ2n) is 7.16. The first-order valence-corrected chi connectivity index (χ1v) is 9.97. The van der Waals surface area contributed by atoms with Crippen LogP contribution in [0, 0.1) is 17.3 Å². The van der Waals surface area contributed by atoms with Gasteiger partial charge in [0, 0.05) is 11.8 Å². The van der Waals surface area contributed by atoms with Gasteiger partial charge in [-0.15, -0.1) is 0 Å². The maximum atomic E-state index is 11.8. The van der Waals surface area contributed by atoms with Gasteiger partial charge in [-0.1, -0.05) is 41.0 Å². The SMILES string of the molecule is CCNC1CC(C)CCC1C(C)(C)CCS(=O)(=O)CC. The van der Waals surface area contributed by atoms with Crippen LogP contribution in [0.3, 0.4) is 0 Å². The second kappa shape index (κ2) is 7.26. The van der Waals surface area contributed by atoms with E-state index >= 15 is 0 Å². The van der Waals surface area contributed by atoms with Gasteiger partial charge in [-0.2, -0.15) is 0 Å². The fourth-order valence-corrected chi connectivity index (χ4v) is 4.68. The molecule has 0 aromatic rings. The van der Waals surface area contributed by atoms with Gasteiger partial charge in [0.15, 0.2) is 0 Å². The quantitative estimate of drug-likeness (QED) is 0.785. The predicted molar refractivity (Wildman–Crippen MR) is 86.7 cm³/mol. The van der Waals surface area contributed by atoms with Gasteiger partial charge in [0.25, 0.3) is 0 Å². The van der Waals surface area contributed by atoms with Crippen molar-refractivity contribution in [3.63, 3.8) is 0 Å². The number of hydrogen-bond donors (Lipinski definition) is 1. The Morgan fingerprint density at radius 1 is 1.20 bits per heavy atom. The molecule has 1 rings (SSSR count). The largest absolute Gasteiger partial charge is 0.314 e. The van der Waals surface area contributed by atoms with E-state index in [2.05, 4.69) is 33.0 Å². The summed E-state index contributed by atoms with van der Waals surface area (Å²) in [4.78, 5) is 0. The van der Waals surface area contributed by atoms with Gasteiger partial charge in [0.2, 0.25) is 0 Å². The van der Waals surface area contributed by atoms with Gasteiger partial charge < -0.3 is 5.32 Å². The fraction of sp³-hybridized carbons (Fsp3) is 1.00. The molecule has 20 heavy (non-hydrogen) atoms. The van der Waals surface area contributed by atoms with Crippen molar-refractivity contribution in [1.82, 2.24) is 5.32 Å². The molecule has 0 bridgehead atoms. The van der Waals surface area contributed by atoms with Crippen molar-refractivity contribution < 1.29 is 8.42 Å². The molecule has 0 aliphatic heterocycles. The number of sulfone groups is 1. The molecule has 1 aliphatic rings. The van der Waals surface area contributed by atoms with Crippen LogP contribution in [0.15, 0.2) is 0 Å². The van der Waals surface area contributed by atoms with Crippen molar-refractivity contribution >= 4 is 9.84 Å². The molecule has 120 valence electrons. The summed E-state index contributed by atoms with van der Waals surface area (Å²) in [6.07, 6.45) is 4.50. The zero-order valence-corrected chi connectivity index (χ0v) is 14.7. The summed E-state index contributed by atoms with van der Waals surface area (Å²) in [5.74, 6) is 1.97. The average molecular weight is 304 g/mol. The van der Waals surface area contributed by atoms with E-state index < -0.39 is 9.84 Å². The Labute approximate surface area is 125 Å². The fourth-order valence-electron chi connectivity index (χ4n) is 3.55. The van der Waals surface area contributed by atoms with Gasteiger partial charge in [-0.05, 0) is 43.1 Å². The standard InChI is InChI=1S/C16H33NO2S/c1-6-17-15-12-13(3)8-9-14(15)16(4,5)10-11-20(18,19)7-2/h13-15,17H,6-12H2,1-5H3. The van der Waals surface area contributed by atoms with Crippen LogP contribution in [0.1, 0.15) is 60.3 Å². The lowest BCUT2D eigenvalue weighted by Crippen LogP contribution is -2.47. The van der Waals surface area contributed by atoms with Crippen LogP contribution in [0.2, 0.25) is 0 Å². The van der Waals surface area contributed by atoms with Crippen molar-refractivity contribution in [3.8, 4) is 0 Å². The molecule has 0 amide bonds. The predicted octanol–water partition coefficient (Wildman–Crippen LogP) is 3.25. The zero-order valence-electron chi connectivity index (χ0n) is 13.9. The highest BCUT2D eigenvalue weighted by atomic mass is 32.2. The van der Waals surface area contributed by atoms with Crippen LogP contribution in [-0.2, 0) is 9.84 Å². The van der Waals surface area contributed by atoms with Crippen LogP contribution < -0.4 is 5.32 Å². The summed E-state index contributed by atoms with van der Waals surface area (Å²) in [7, 11) is -2.85. The van der Waals surface area contributed by atoms with Gasteiger partial charge in [-0.25, -0.2) is 8.42 Å². The molecule has 4 heteroatoms. The van der Waals surface area contributed by atoms with E-state index in [0.29, 0.717) is 17.7 Å². The van der Waals surface area contributed by atoms with Crippen LogP contribution in [0.5, 0.6) is 0 Å². The summed E-state index contributed by atoms with van der Waals surface area (Å²) in [6.45, 7) is 11.7. The third kappa shape index (κ3) is 5.03. The third-order valence-electron chi connectivity index (χ3n) is 5.08. The highest BCUT2D eigenvalue weighted by molar-refractivity contribution is 7.91. The lowest BCUT2D eigenvalue weighted by molar-refractivity contribution is 0.0922. The van der Waals surface area contributed by atoms with E-state index in [1.54, 1.807) is 6.92 Å². The number of nitrogens with one attached hydrogen (secondary N) is 1. The van der Waals surface area contributed by atoms with E-state index in [-0.39, 0.29) is 11.2 Å². The van der Waals surface area contributed by atoms with E-state index in [1.165, 1.54) is 19.3 Å². The summed E-state index contributed by atoms with van der Waals surface area (Å²) < 4.78 is 23.5. The van der Waals surface area contributed by atoms with Crippen LogP contribution in [0.25, 0.3) is 0 Å². The first-order chi connectivity index (χ1) is 9.22. The number of rotatable bonds is 7. The molecule has 0 spiro atoms. The molecule has 1 aliphatic carbocycles. The molecule has 0 aromatic heterocycles. The van der Waals surface area contributed by atoms with E-state index in [1.807, 2.05) is 0 Å². The van der Waals surface area contributed by atoms with E-state index in [0.717, 1.165) is 18.9 Å². The Morgan fingerprint density at radius 2 is 1.85 bits per heavy atom. The van der Waals surface area contributed by atoms with Crippen molar-refractivity contribution in [2.75, 3.05) is 18.1 Å². The van der Waals surface area contributed by atoms with Gasteiger partial charge >= 0.3 is 0 Å². The summed E-state index contributed by atoms with van der Waals surface area (Å²) in [6, 6.07) is 0.545. The highest BCUT2D eigenvalue weighted by Crippen LogP contribution is 2.42. The van der Waals surface area contributed by atoms with Crippen molar-refractivity contribution in [3.05, 3.63) is 0 Å². The lowest BCUT2D eigenvalue weighted by atomic mass is 9.65. The molecule has 3 atom stereocenters. The van der Waals surface area contributed by atoms with Gasteiger partial charge in [-0.3, -0.25) is 0 Å². The maximum absolute atomic E-state index is 11.8. The monoisotopic (exact) mass is 303 g/mol. The minimum Gasteiger partial charge on any atom is -0.314 e. The van der Waals surface area contributed by atoms with Crippen LogP contribution in [0.4, 0.5) is 0 Å². The van der Waals surface area contributed by atoms with Crippen molar-refractivity contribution in [1.29, 1.82) is 0 Å². The smallest absolute Gasteiger partial charge is 0.150 e. The molecule has 0 aromatic carbocycles. The molecule has 1 N–H and O–H groups in total. The Balaban J connectivity index is 2.72. The Bertz CT molecular complexity index is 389. The van der Waals surface area contributed by atoms with E-state index in [9.17, 15) is 8.42 Å².